The SMILES string of the molecule is Cc1cc(C)[c]([Ge]([c]2c(C)cc(C)cc2C)[C]23c4ccccc4-c4cccc(c42)C2(C(C)(C)C)PP2C3C(C)(C)C)c(C)c1. The van der Waals surface area contributed by atoms with E-state index in [1.54, 1.807) is 25.5 Å². The molecule has 2 aliphatic heterocycles. The van der Waals surface area contributed by atoms with Crippen LogP contribution < -0.4 is 8.79 Å². The third kappa shape index (κ3) is 3.96. The topological polar surface area (TPSA) is 0 Å². The van der Waals surface area contributed by atoms with E-state index in [1.165, 1.54) is 44.5 Å². The molecule has 5 unspecified atom stereocenters. The Labute approximate surface area is 274 Å². The summed E-state index contributed by atoms with van der Waals surface area (Å²) >= 11 is -2.47. The molecule has 3 heteroatoms. The molecule has 3 aliphatic rings. The van der Waals surface area contributed by atoms with E-state index in [-0.39, 0.29) is 22.7 Å². The van der Waals surface area contributed by atoms with E-state index in [2.05, 4.69) is 150 Å². The van der Waals surface area contributed by atoms with Crippen LogP contribution in [0, 0.1) is 52.4 Å². The zero-order valence-electron chi connectivity index (χ0n) is 28.9. The Kier molecular flexibility index (Phi) is 6.95. The molecule has 1 fully saturated rings. The van der Waals surface area contributed by atoms with Gasteiger partial charge in [0.2, 0.25) is 0 Å². The van der Waals surface area contributed by atoms with Crippen molar-refractivity contribution in [1.82, 2.24) is 0 Å². The van der Waals surface area contributed by atoms with Crippen LogP contribution in [0.4, 0.5) is 0 Å². The van der Waals surface area contributed by atoms with Gasteiger partial charge in [0.15, 0.2) is 0 Å². The van der Waals surface area contributed by atoms with Crippen LogP contribution in [0.15, 0.2) is 66.7 Å². The molecule has 4 aromatic rings. The van der Waals surface area contributed by atoms with E-state index in [9.17, 15) is 0 Å². The fourth-order valence-electron chi connectivity index (χ4n) is 9.81. The minimum absolute atomic E-state index is 0.0142. The van der Waals surface area contributed by atoms with Crippen molar-refractivity contribution < 1.29 is 0 Å². The molecule has 1 saturated heterocycles. The van der Waals surface area contributed by atoms with E-state index in [0.717, 1.165) is 8.27 Å². The Morgan fingerprint density at radius 2 is 1.11 bits per heavy atom. The zero-order chi connectivity index (χ0) is 31.7. The van der Waals surface area contributed by atoms with Crippen molar-refractivity contribution in [2.45, 2.75) is 97.9 Å². The number of hydrogen-bond donors (Lipinski definition) is 0. The first-order chi connectivity index (χ1) is 20.6. The van der Waals surface area contributed by atoms with Crippen LogP contribution in [-0.4, -0.2) is 20.0 Å². The summed E-state index contributed by atoms with van der Waals surface area (Å²) in [4.78, 5) is 0.315. The van der Waals surface area contributed by atoms with Crippen molar-refractivity contribution >= 4 is 39.0 Å². The third-order valence-corrected chi connectivity index (χ3v) is 28.5. The molecule has 4 aromatic carbocycles. The molecule has 0 nitrogen and oxygen atoms in total. The molecule has 0 aromatic heterocycles. The van der Waals surface area contributed by atoms with Crippen LogP contribution in [0.3, 0.4) is 0 Å². The standard InChI is InChI=1S/C41H49GeP2/c1-24-20-26(3)35(27(4)21-24)42(36-28(5)22-25(2)23-29(36)6)40-32-18-14-13-16-30(32)31-17-15-19-33(34(31)40)41(39(10,11)12)43-44(41)37(40)38(7,8)9/h13-23,37,43H,1-12H3. The quantitative estimate of drug-likeness (QED) is 0.150. The van der Waals surface area contributed by atoms with E-state index >= 15 is 0 Å². The molecule has 0 spiro atoms. The second-order valence-corrected chi connectivity index (χ2v) is 27.0. The molecule has 2 heterocycles. The molecule has 1 aliphatic carbocycles. The molecule has 0 N–H and O–H groups in total. The van der Waals surface area contributed by atoms with Crippen molar-refractivity contribution in [2.75, 3.05) is 0 Å². The summed E-state index contributed by atoms with van der Waals surface area (Å²) in [5.41, 5.74) is 18.0. The number of rotatable bonds is 3. The second kappa shape index (κ2) is 9.89. The molecule has 1 radical (unpaired) electrons. The van der Waals surface area contributed by atoms with Crippen molar-refractivity contribution in [3.63, 3.8) is 0 Å². The molecular weight excluding hydrogens is 627 g/mol. The maximum atomic E-state index is 2.60. The van der Waals surface area contributed by atoms with E-state index < -0.39 is 14.3 Å². The van der Waals surface area contributed by atoms with Gasteiger partial charge in [0, 0.05) is 0 Å². The van der Waals surface area contributed by atoms with Gasteiger partial charge in [-0.05, 0) is 0 Å². The number of hydrogen-bond acceptors (Lipinski definition) is 0. The Morgan fingerprint density at radius 1 is 0.636 bits per heavy atom. The van der Waals surface area contributed by atoms with E-state index in [4.69, 9.17) is 0 Å². The minimum atomic E-state index is -2.47. The van der Waals surface area contributed by atoms with Crippen molar-refractivity contribution in [3.8, 4) is 11.1 Å². The fourth-order valence-corrected chi connectivity index (χ4v) is 32.5. The Bertz CT molecular complexity index is 1750. The van der Waals surface area contributed by atoms with Crippen molar-refractivity contribution in [1.29, 1.82) is 0 Å². The summed E-state index contributed by atoms with van der Waals surface area (Å²) < 4.78 is 3.46. The van der Waals surface area contributed by atoms with Crippen molar-refractivity contribution in [2.24, 2.45) is 10.8 Å². The van der Waals surface area contributed by atoms with Crippen LogP contribution in [0.25, 0.3) is 11.1 Å². The fraction of sp³-hybridized carbons (Fsp3) is 0.415. The van der Waals surface area contributed by atoms with Crippen LogP contribution >= 0.6 is 15.9 Å². The van der Waals surface area contributed by atoms with Gasteiger partial charge in [0.1, 0.15) is 0 Å². The second-order valence-electron chi connectivity index (χ2n) is 16.2. The first-order valence-corrected chi connectivity index (χ1v) is 22.8. The summed E-state index contributed by atoms with van der Waals surface area (Å²) in [6.45, 7) is 29.8. The van der Waals surface area contributed by atoms with Gasteiger partial charge in [0.05, 0.1) is 0 Å². The monoisotopic (exact) mass is 677 g/mol. The van der Waals surface area contributed by atoms with Gasteiger partial charge in [-0.1, -0.05) is 0 Å². The third-order valence-electron chi connectivity index (χ3n) is 10.9. The summed E-state index contributed by atoms with van der Waals surface area (Å²) in [7, 11) is 0.824. The van der Waals surface area contributed by atoms with Gasteiger partial charge in [-0.15, -0.1) is 0 Å². The molecule has 7 rings (SSSR count). The van der Waals surface area contributed by atoms with Crippen LogP contribution in [-0.2, 0) is 9.14 Å². The van der Waals surface area contributed by atoms with E-state index in [0.29, 0.717) is 10.6 Å². The van der Waals surface area contributed by atoms with Gasteiger partial charge in [0.25, 0.3) is 0 Å². The zero-order valence-corrected chi connectivity index (χ0v) is 32.9. The molecule has 227 valence electrons. The predicted octanol–water partition coefficient (Wildman–Crippen LogP) is 10.4. The molecule has 5 atom stereocenters. The average molecular weight is 676 g/mol. The van der Waals surface area contributed by atoms with Crippen molar-refractivity contribution in [3.05, 3.63) is 117 Å². The Balaban J connectivity index is 1.75. The van der Waals surface area contributed by atoms with Crippen LogP contribution in [0.1, 0.15) is 91.6 Å². The van der Waals surface area contributed by atoms with E-state index in [1.807, 2.05) is 0 Å². The molecular formula is C41H49GeP2. The number of benzene rings is 4. The van der Waals surface area contributed by atoms with Crippen LogP contribution in [0.5, 0.6) is 0 Å². The average Bonchev–Trinajstić information content (AvgIpc) is 3.60. The summed E-state index contributed by atoms with van der Waals surface area (Å²) in [6, 6.07) is 27.2. The first kappa shape index (κ1) is 30.9. The van der Waals surface area contributed by atoms with Crippen LogP contribution in [0.2, 0.25) is 0 Å². The number of aryl methyl sites for hydroxylation is 6. The molecule has 0 saturated carbocycles. The normalized spacial score (nSPS) is 25.7. The summed E-state index contributed by atoms with van der Waals surface area (Å²) in [6.07, 6.45) is 0. The van der Waals surface area contributed by atoms with Gasteiger partial charge >= 0.3 is 276 Å². The van der Waals surface area contributed by atoms with Gasteiger partial charge < -0.3 is 0 Å². The summed E-state index contributed by atoms with van der Waals surface area (Å²) in [5, 5.41) is 0. The molecule has 44 heavy (non-hydrogen) atoms. The Hall–Kier alpha value is -1.72. The molecule has 0 amide bonds. The summed E-state index contributed by atoms with van der Waals surface area (Å²) in [5.74, 6) is 0. The maximum absolute atomic E-state index is 2.60. The number of fused-ring (bicyclic) bond motifs is 5. The Morgan fingerprint density at radius 3 is 1.61 bits per heavy atom. The molecule has 0 bridgehead atoms. The van der Waals surface area contributed by atoms with Gasteiger partial charge in [-0.3, -0.25) is 0 Å². The van der Waals surface area contributed by atoms with Gasteiger partial charge in [-0.2, -0.15) is 0 Å². The first-order valence-electron chi connectivity index (χ1n) is 16.4. The van der Waals surface area contributed by atoms with Gasteiger partial charge in [-0.25, -0.2) is 0 Å². The predicted molar refractivity (Wildman–Crippen MR) is 199 cm³/mol.